The molecule has 2 rings (SSSR count). The lowest BCUT2D eigenvalue weighted by molar-refractivity contribution is 0.131. The highest BCUT2D eigenvalue weighted by atomic mass is 35.5. The first-order valence-corrected chi connectivity index (χ1v) is 7.91. The van der Waals surface area contributed by atoms with Crippen LogP contribution in [0.2, 0.25) is 5.02 Å². The molecule has 6 nitrogen and oxygen atoms in total. The number of hydrogen-bond acceptors (Lipinski definition) is 4. The Kier molecular flexibility index (Phi) is 4.52. The number of nitrogens with one attached hydrogen (secondary N) is 1. The molecule has 0 bridgehead atoms. The SMILES string of the molecule is CN1CC(CCNS(=O)(=O)c2cccc(Cl)c2)OC1=O. The Morgan fingerprint density at radius 3 is 2.85 bits per heavy atom. The number of halogens is 1. The third-order valence-electron chi connectivity index (χ3n) is 2.92. The van der Waals surface area contributed by atoms with Gasteiger partial charge in [0.1, 0.15) is 6.10 Å². The maximum absolute atomic E-state index is 12.0. The minimum atomic E-state index is -3.59. The fourth-order valence-electron chi connectivity index (χ4n) is 1.87. The van der Waals surface area contributed by atoms with E-state index in [1.807, 2.05) is 0 Å². The second-order valence-corrected chi connectivity index (χ2v) is 6.73. The maximum atomic E-state index is 12.0. The van der Waals surface area contributed by atoms with Crippen LogP contribution in [0.4, 0.5) is 4.79 Å². The van der Waals surface area contributed by atoms with Gasteiger partial charge in [0, 0.05) is 18.6 Å². The number of carbonyl (C=O) groups is 1. The topological polar surface area (TPSA) is 75.7 Å². The summed E-state index contributed by atoms with van der Waals surface area (Å²) in [6.07, 6.45) is -0.238. The standard InChI is InChI=1S/C12H15ClN2O4S/c1-15-8-10(19-12(15)16)5-6-14-20(17,18)11-4-2-3-9(13)7-11/h2-4,7,10,14H,5-6,8H2,1H3. The van der Waals surface area contributed by atoms with E-state index in [0.717, 1.165) is 0 Å². The van der Waals surface area contributed by atoms with Gasteiger partial charge in [0.25, 0.3) is 0 Å². The molecule has 0 aromatic heterocycles. The third-order valence-corrected chi connectivity index (χ3v) is 4.62. The number of sulfonamides is 1. The number of cyclic esters (lactones) is 1. The highest BCUT2D eigenvalue weighted by Crippen LogP contribution is 2.16. The fraction of sp³-hybridized carbons (Fsp3) is 0.417. The molecule has 20 heavy (non-hydrogen) atoms. The van der Waals surface area contributed by atoms with Crippen molar-refractivity contribution >= 4 is 27.7 Å². The van der Waals surface area contributed by atoms with Crippen LogP contribution in [0.15, 0.2) is 29.2 Å². The van der Waals surface area contributed by atoms with Gasteiger partial charge < -0.3 is 9.64 Å². The second-order valence-electron chi connectivity index (χ2n) is 4.53. The van der Waals surface area contributed by atoms with Crippen molar-refractivity contribution in [1.29, 1.82) is 0 Å². The molecule has 1 amide bonds. The Morgan fingerprint density at radius 2 is 2.25 bits per heavy atom. The van der Waals surface area contributed by atoms with Crippen LogP contribution in [-0.4, -0.2) is 45.7 Å². The van der Waals surface area contributed by atoms with E-state index < -0.39 is 10.0 Å². The van der Waals surface area contributed by atoms with Gasteiger partial charge in [-0.15, -0.1) is 0 Å². The Balaban J connectivity index is 1.89. The molecule has 1 unspecified atom stereocenters. The van der Waals surface area contributed by atoms with Crippen molar-refractivity contribution in [2.24, 2.45) is 0 Å². The van der Waals surface area contributed by atoms with Gasteiger partial charge in [-0.05, 0) is 24.6 Å². The predicted octanol–water partition coefficient (Wildman–Crippen LogP) is 1.46. The van der Waals surface area contributed by atoms with Gasteiger partial charge in [0.2, 0.25) is 10.0 Å². The van der Waals surface area contributed by atoms with E-state index in [9.17, 15) is 13.2 Å². The molecule has 0 spiro atoms. The van der Waals surface area contributed by atoms with E-state index >= 15 is 0 Å². The summed E-state index contributed by atoms with van der Waals surface area (Å²) in [6, 6.07) is 6.03. The molecule has 1 aliphatic rings. The van der Waals surface area contributed by atoms with Crippen LogP contribution in [0.1, 0.15) is 6.42 Å². The van der Waals surface area contributed by atoms with Gasteiger partial charge >= 0.3 is 6.09 Å². The minimum absolute atomic E-state index is 0.116. The van der Waals surface area contributed by atoms with Crippen LogP contribution in [0, 0.1) is 0 Å². The zero-order chi connectivity index (χ0) is 14.8. The summed E-state index contributed by atoms with van der Waals surface area (Å²) in [7, 11) is -1.95. The van der Waals surface area contributed by atoms with Gasteiger partial charge in [0.05, 0.1) is 11.4 Å². The van der Waals surface area contributed by atoms with Gasteiger partial charge in [-0.2, -0.15) is 0 Å². The van der Waals surface area contributed by atoms with Crippen LogP contribution in [-0.2, 0) is 14.8 Å². The summed E-state index contributed by atoms with van der Waals surface area (Å²) in [5, 5.41) is 0.360. The number of carbonyl (C=O) groups excluding carboxylic acids is 1. The lowest BCUT2D eigenvalue weighted by Crippen LogP contribution is -2.28. The zero-order valence-electron chi connectivity index (χ0n) is 10.9. The molecule has 1 atom stereocenters. The zero-order valence-corrected chi connectivity index (χ0v) is 12.4. The Labute approximate surface area is 122 Å². The van der Waals surface area contributed by atoms with E-state index in [-0.39, 0.29) is 23.6 Å². The van der Waals surface area contributed by atoms with E-state index in [0.29, 0.717) is 18.0 Å². The number of benzene rings is 1. The van der Waals surface area contributed by atoms with Gasteiger partial charge in [-0.1, -0.05) is 17.7 Å². The summed E-state index contributed by atoms with van der Waals surface area (Å²) >= 11 is 5.77. The summed E-state index contributed by atoms with van der Waals surface area (Å²) in [4.78, 5) is 12.7. The second kappa shape index (κ2) is 5.99. The lowest BCUT2D eigenvalue weighted by atomic mass is 10.2. The number of nitrogens with zero attached hydrogens (tertiary/aromatic N) is 1. The molecular formula is C12H15ClN2O4S. The molecular weight excluding hydrogens is 304 g/mol. The first kappa shape index (κ1) is 15.1. The molecule has 8 heteroatoms. The molecule has 1 aromatic carbocycles. The average molecular weight is 319 g/mol. The van der Waals surface area contributed by atoms with Crippen LogP contribution in [0.3, 0.4) is 0 Å². The predicted molar refractivity (Wildman–Crippen MR) is 74.2 cm³/mol. The molecule has 1 saturated heterocycles. The summed E-state index contributed by atoms with van der Waals surface area (Å²) in [6.45, 7) is 0.665. The van der Waals surface area contributed by atoms with Crippen molar-refractivity contribution in [3.8, 4) is 0 Å². The quantitative estimate of drug-likeness (QED) is 0.891. The molecule has 0 aliphatic carbocycles. The van der Waals surface area contributed by atoms with E-state index in [2.05, 4.69) is 4.72 Å². The molecule has 0 radical (unpaired) electrons. The third kappa shape index (κ3) is 3.62. The lowest BCUT2D eigenvalue weighted by Gasteiger charge is -2.10. The molecule has 1 aliphatic heterocycles. The summed E-state index contributed by atoms with van der Waals surface area (Å²) in [5.41, 5.74) is 0. The molecule has 1 heterocycles. The molecule has 1 fully saturated rings. The smallest absolute Gasteiger partial charge is 0.409 e. The summed E-state index contributed by atoms with van der Waals surface area (Å²) < 4.78 is 31.5. The highest BCUT2D eigenvalue weighted by molar-refractivity contribution is 7.89. The van der Waals surface area contributed by atoms with Gasteiger partial charge in [-0.3, -0.25) is 0 Å². The minimum Gasteiger partial charge on any atom is -0.444 e. The molecule has 1 aromatic rings. The maximum Gasteiger partial charge on any atom is 0.409 e. The van der Waals surface area contributed by atoms with Crippen molar-refractivity contribution in [3.05, 3.63) is 29.3 Å². The number of rotatable bonds is 5. The first-order chi connectivity index (χ1) is 9.38. The molecule has 1 N–H and O–H groups in total. The van der Waals surface area contributed by atoms with Crippen molar-refractivity contribution in [2.75, 3.05) is 20.1 Å². The highest BCUT2D eigenvalue weighted by Gasteiger charge is 2.28. The van der Waals surface area contributed by atoms with Crippen molar-refractivity contribution in [1.82, 2.24) is 9.62 Å². The van der Waals surface area contributed by atoms with Crippen LogP contribution < -0.4 is 4.72 Å². The van der Waals surface area contributed by atoms with Gasteiger partial charge in [0.15, 0.2) is 0 Å². The van der Waals surface area contributed by atoms with Crippen LogP contribution >= 0.6 is 11.6 Å². The largest absolute Gasteiger partial charge is 0.444 e. The van der Waals surface area contributed by atoms with E-state index in [1.54, 1.807) is 19.2 Å². The van der Waals surface area contributed by atoms with E-state index in [4.69, 9.17) is 16.3 Å². The Morgan fingerprint density at radius 1 is 1.50 bits per heavy atom. The summed E-state index contributed by atoms with van der Waals surface area (Å²) in [5.74, 6) is 0. The van der Waals surface area contributed by atoms with Crippen LogP contribution in [0.5, 0.6) is 0 Å². The molecule has 110 valence electrons. The number of ether oxygens (including phenoxy) is 1. The van der Waals surface area contributed by atoms with E-state index in [1.165, 1.54) is 17.0 Å². The Hall–Kier alpha value is -1.31. The fourth-order valence-corrected chi connectivity index (χ4v) is 3.22. The van der Waals surface area contributed by atoms with Crippen LogP contribution in [0.25, 0.3) is 0 Å². The number of likely N-dealkylation sites (N-methyl/N-ethyl adjacent to an activating group) is 1. The Bertz CT molecular complexity index is 605. The average Bonchev–Trinajstić information content (AvgIpc) is 2.68. The number of amides is 1. The number of hydrogen-bond donors (Lipinski definition) is 1. The van der Waals surface area contributed by atoms with Crippen molar-refractivity contribution < 1.29 is 17.9 Å². The first-order valence-electron chi connectivity index (χ1n) is 6.05. The van der Waals surface area contributed by atoms with Gasteiger partial charge in [-0.25, -0.2) is 17.9 Å². The molecule has 0 saturated carbocycles. The van der Waals surface area contributed by atoms with Crippen molar-refractivity contribution in [3.63, 3.8) is 0 Å². The monoisotopic (exact) mass is 318 g/mol. The normalized spacial score (nSPS) is 19.2. The van der Waals surface area contributed by atoms with Crippen molar-refractivity contribution in [2.45, 2.75) is 17.4 Å².